The number of carbonyl (C=O) groups is 1. The fourth-order valence-electron chi connectivity index (χ4n) is 3.64. The van der Waals surface area contributed by atoms with Crippen molar-refractivity contribution in [1.82, 2.24) is 20.2 Å². The van der Waals surface area contributed by atoms with E-state index in [1.165, 1.54) is 0 Å². The number of hydrogen-bond acceptors (Lipinski definition) is 2. The Bertz CT molecular complexity index is 561. The molecule has 2 amide bonds. The summed E-state index contributed by atoms with van der Waals surface area (Å²) in [6.07, 6.45) is 2.55. The van der Waals surface area contributed by atoms with E-state index in [9.17, 15) is 18.0 Å². The van der Waals surface area contributed by atoms with Gasteiger partial charge in [0.15, 0.2) is 0 Å². The molecule has 1 aliphatic carbocycles. The second-order valence-electron chi connectivity index (χ2n) is 6.67. The Morgan fingerprint density at radius 1 is 1.25 bits per heavy atom. The third-order valence-corrected chi connectivity index (χ3v) is 4.89. The number of aromatic nitrogens is 2. The van der Waals surface area contributed by atoms with Gasteiger partial charge < -0.3 is 15.2 Å². The van der Waals surface area contributed by atoms with E-state index >= 15 is 0 Å². The van der Waals surface area contributed by atoms with Gasteiger partial charge in [-0.2, -0.15) is 13.2 Å². The predicted molar refractivity (Wildman–Crippen MR) is 82.3 cm³/mol. The zero-order valence-corrected chi connectivity index (χ0v) is 13.5. The maximum Gasteiger partial charge on any atom is 0.393 e. The monoisotopic (exact) mass is 344 g/mol. The minimum absolute atomic E-state index is 0.0855. The molecule has 2 N–H and O–H groups in total. The van der Waals surface area contributed by atoms with Gasteiger partial charge in [-0.3, -0.25) is 0 Å². The largest absolute Gasteiger partial charge is 0.393 e. The quantitative estimate of drug-likeness (QED) is 0.885. The fraction of sp³-hybridized carbons (Fsp3) is 0.750. The van der Waals surface area contributed by atoms with E-state index in [4.69, 9.17) is 0 Å². The highest BCUT2D eigenvalue weighted by atomic mass is 19.4. The van der Waals surface area contributed by atoms with Gasteiger partial charge >= 0.3 is 12.2 Å². The average Bonchev–Trinajstić information content (AvgIpc) is 2.95. The van der Waals surface area contributed by atoms with E-state index in [2.05, 4.69) is 20.2 Å². The molecule has 0 spiro atoms. The number of nitrogens with zero attached hydrogens (tertiary/aromatic N) is 2. The molecule has 2 heterocycles. The highest BCUT2D eigenvalue weighted by Crippen LogP contribution is 2.37. The van der Waals surface area contributed by atoms with E-state index in [0.717, 1.165) is 37.3 Å². The number of imidazole rings is 1. The Balaban J connectivity index is 1.52. The molecule has 1 aromatic rings. The fourth-order valence-corrected chi connectivity index (χ4v) is 3.64. The van der Waals surface area contributed by atoms with Crippen LogP contribution in [0.3, 0.4) is 0 Å². The minimum Gasteiger partial charge on any atom is -0.335 e. The van der Waals surface area contributed by atoms with Crippen LogP contribution in [0.1, 0.15) is 50.0 Å². The van der Waals surface area contributed by atoms with Crippen molar-refractivity contribution >= 4 is 6.03 Å². The van der Waals surface area contributed by atoms with Crippen LogP contribution in [0.2, 0.25) is 0 Å². The predicted octanol–water partition coefficient (Wildman–Crippen LogP) is 3.14. The Kier molecular flexibility index (Phi) is 5.01. The van der Waals surface area contributed by atoms with Gasteiger partial charge in [-0.25, -0.2) is 9.78 Å². The molecule has 0 radical (unpaired) electrons. The van der Waals surface area contributed by atoms with Gasteiger partial charge in [-0.05, 0) is 25.7 Å². The first-order chi connectivity index (χ1) is 11.4. The van der Waals surface area contributed by atoms with Gasteiger partial charge in [0, 0.05) is 25.2 Å². The molecule has 0 saturated heterocycles. The molecule has 0 bridgehead atoms. The van der Waals surface area contributed by atoms with Crippen molar-refractivity contribution in [2.45, 2.75) is 70.3 Å². The van der Waals surface area contributed by atoms with Gasteiger partial charge in [0.05, 0.1) is 18.2 Å². The molecule has 8 heteroatoms. The maximum absolute atomic E-state index is 13.0. The number of carbonyl (C=O) groups excluding carboxylic acids is 1. The highest BCUT2D eigenvalue weighted by Gasteiger charge is 2.45. The van der Waals surface area contributed by atoms with Crippen molar-refractivity contribution in [3.8, 4) is 0 Å². The standard InChI is InChI=1S/C16H23F3N4O/c17-16(18,19)12-5-1-2-6-13(12)22-15(24)20-9-11-10-23-8-4-3-7-14(23)21-11/h10,12-13H,1-9H2,(H2,20,22,24)/t12-,13+/m1/s1. The van der Waals surface area contributed by atoms with Crippen molar-refractivity contribution < 1.29 is 18.0 Å². The number of amides is 2. The molecule has 5 nitrogen and oxygen atoms in total. The molecular formula is C16H23F3N4O. The van der Waals surface area contributed by atoms with Gasteiger partial charge in [0.25, 0.3) is 0 Å². The first-order valence-electron chi connectivity index (χ1n) is 8.59. The minimum atomic E-state index is -4.26. The molecule has 1 saturated carbocycles. The number of aryl methyl sites for hydroxylation is 2. The zero-order chi connectivity index (χ0) is 17.2. The summed E-state index contributed by atoms with van der Waals surface area (Å²) >= 11 is 0. The smallest absolute Gasteiger partial charge is 0.335 e. The molecule has 134 valence electrons. The highest BCUT2D eigenvalue weighted by molar-refractivity contribution is 5.74. The van der Waals surface area contributed by atoms with Crippen LogP contribution in [0.15, 0.2) is 6.20 Å². The summed E-state index contributed by atoms with van der Waals surface area (Å²) in [6.45, 7) is 1.17. The molecule has 1 aliphatic heterocycles. The van der Waals surface area contributed by atoms with Crippen molar-refractivity contribution in [1.29, 1.82) is 0 Å². The van der Waals surface area contributed by atoms with E-state index in [-0.39, 0.29) is 13.0 Å². The Morgan fingerprint density at radius 2 is 2.04 bits per heavy atom. The molecule has 2 atom stereocenters. The Morgan fingerprint density at radius 3 is 2.79 bits per heavy atom. The van der Waals surface area contributed by atoms with E-state index < -0.39 is 24.2 Å². The topological polar surface area (TPSA) is 59.0 Å². The van der Waals surface area contributed by atoms with Crippen LogP contribution in [0, 0.1) is 5.92 Å². The number of alkyl halides is 3. The summed E-state index contributed by atoms with van der Waals surface area (Å²) < 4.78 is 41.2. The third kappa shape index (κ3) is 4.02. The second kappa shape index (κ2) is 7.03. The molecule has 0 unspecified atom stereocenters. The van der Waals surface area contributed by atoms with E-state index in [1.807, 2.05) is 6.20 Å². The summed E-state index contributed by atoms with van der Waals surface area (Å²) in [7, 11) is 0. The van der Waals surface area contributed by atoms with Crippen LogP contribution in [-0.4, -0.2) is 27.8 Å². The lowest BCUT2D eigenvalue weighted by molar-refractivity contribution is -0.187. The molecule has 1 fully saturated rings. The lowest BCUT2D eigenvalue weighted by Crippen LogP contribution is -2.50. The summed E-state index contributed by atoms with van der Waals surface area (Å²) in [6, 6.07) is -1.39. The summed E-state index contributed by atoms with van der Waals surface area (Å²) in [5, 5.41) is 5.14. The number of urea groups is 1. The SMILES string of the molecule is O=C(NCc1cn2c(n1)CCCC2)N[C@H]1CCCC[C@H]1C(F)(F)F. The summed E-state index contributed by atoms with van der Waals surface area (Å²) in [4.78, 5) is 16.4. The summed E-state index contributed by atoms with van der Waals surface area (Å²) in [5.74, 6) is -0.431. The van der Waals surface area contributed by atoms with Crippen LogP contribution in [-0.2, 0) is 19.5 Å². The van der Waals surface area contributed by atoms with Gasteiger partial charge in [0.1, 0.15) is 5.82 Å². The second-order valence-corrected chi connectivity index (χ2v) is 6.67. The van der Waals surface area contributed by atoms with Crippen LogP contribution < -0.4 is 10.6 Å². The number of rotatable bonds is 3. The van der Waals surface area contributed by atoms with Crippen molar-refractivity contribution in [3.05, 3.63) is 17.7 Å². The maximum atomic E-state index is 13.0. The van der Waals surface area contributed by atoms with Crippen LogP contribution in [0.4, 0.5) is 18.0 Å². The van der Waals surface area contributed by atoms with Gasteiger partial charge in [0.2, 0.25) is 0 Å². The van der Waals surface area contributed by atoms with Gasteiger partial charge in [-0.1, -0.05) is 12.8 Å². The summed E-state index contributed by atoms with van der Waals surface area (Å²) in [5.41, 5.74) is 0.748. The molecule has 2 aliphatic rings. The molecule has 1 aromatic heterocycles. The average molecular weight is 344 g/mol. The van der Waals surface area contributed by atoms with E-state index in [0.29, 0.717) is 19.3 Å². The normalized spacial score (nSPS) is 24.3. The molecule has 3 rings (SSSR count). The van der Waals surface area contributed by atoms with Crippen molar-refractivity contribution in [2.75, 3.05) is 0 Å². The van der Waals surface area contributed by atoms with E-state index in [1.54, 1.807) is 0 Å². The van der Waals surface area contributed by atoms with Crippen molar-refractivity contribution in [3.63, 3.8) is 0 Å². The number of nitrogens with one attached hydrogen (secondary N) is 2. The number of halogens is 3. The molecule has 0 aromatic carbocycles. The van der Waals surface area contributed by atoms with Crippen LogP contribution in [0.5, 0.6) is 0 Å². The zero-order valence-electron chi connectivity index (χ0n) is 13.5. The molecule has 24 heavy (non-hydrogen) atoms. The molecular weight excluding hydrogens is 321 g/mol. The first-order valence-corrected chi connectivity index (χ1v) is 8.59. The lowest BCUT2D eigenvalue weighted by atomic mass is 9.84. The first kappa shape index (κ1) is 17.1. The Labute approximate surface area is 139 Å². The van der Waals surface area contributed by atoms with Crippen LogP contribution in [0.25, 0.3) is 0 Å². The van der Waals surface area contributed by atoms with Gasteiger partial charge in [-0.15, -0.1) is 0 Å². The Hall–Kier alpha value is -1.73. The lowest BCUT2D eigenvalue weighted by Gasteiger charge is -2.33. The number of fused-ring (bicyclic) bond motifs is 1. The van der Waals surface area contributed by atoms with Crippen LogP contribution >= 0.6 is 0 Å². The van der Waals surface area contributed by atoms with Crippen molar-refractivity contribution in [2.24, 2.45) is 5.92 Å². The third-order valence-electron chi connectivity index (χ3n) is 4.89. The number of hydrogen-bond donors (Lipinski definition) is 2.